The fraction of sp³-hybridized carbons (Fsp3) is 0.412. The highest BCUT2D eigenvalue weighted by molar-refractivity contribution is 6.29. The molecule has 2 aromatic heterocycles. The van der Waals surface area contributed by atoms with Crippen LogP contribution in [0, 0.1) is 19.8 Å². The number of halogens is 1. The summed E-state index contributed by atoms with van der Waals surface area (Å²) in [7, 11) is 0. The van der Waals surface area contributed by atoms with Crippen molar-refractivity contribution in [1.29, 1.82) is 0 Å². The zero-order chi connectivity index (χ0) is 16.1. The number of aryl methyl sites for hydroxylation is 2. The zero-order valence-electron chi connectivity index (χ0n) is 13.1. The fourth-order valence-electron chi connectivity index (χ4n) is 3.19. The largest absolute Gasteiger partial charge is 0.293 e. The van der Waals surface area contributed by atoms with Crippen LogP contribution in [-0.4, -0.2) is 20.7 Å². The minimum absolute atomic E-state index is 0.0583. The lowest BCUT2D eigenvalue weighted by molar-refractivity contribution is 0.0817. The van der Waals surface area contributed by atoms with Gasteiger partial charge < -0.3 is 0 Å². The number of aromatic nitrogens is 3. The summed E-state index contributed by atoms with van der Waals surface area (Å²) in [5.74, 6) is 0.839. The SMILES string of the molecule is Cc1cc(C2(C)C(=O)c3ccc(Cl)nc3CC2C)nc(C)n1. The Kier molecular flexibility index (Phi) is 3.52. The summed E-state index contributed by atoms with van der Waals surface area (Å²) in [6.07, 6.45) is 0.709. The van der Waals surface area contributed by atoms with Gasteiger partial charge in [-0.05, 0) is 51.3 Å². The molecule has 0 saturated carbocycles. The predicted molar refractivity (Wildman–Crippen MR) is 85.3 cm³/mol. The van der Waals surface area contributed by atoms with Gasteiger partial charge in [0, 0.05) is 11.3 Å². The number of nitrogens with zero attached hydrogens (tertiary/aromatic N) is 3. The van der Waals surface area contributed by atoms with Crippen molar-refractivity contribution in [1.82, 2.24) is 15.0 Å². The normalized spacial score (nSPS) is 24.2. The van der Waals surface area contributed by atoms with E-state index in [0.29, 0.717) is 23.0 Å². The number of hydrogen-bond acceptors (Lipinski definition) is 4. The van der Waals surface area contributed by atoms with Crippen molar-refractivity contribution in [2.75, 3.05) is 0 Å². The third-order valence-electron chi connectivity index (χ3n) is 4.64. The lowest BCUT2D eigenvalue weighted by Gasteiger charge is -2.38. The molecule has 5 heteroatoms. The number of carbonyl (C=O) groups is 1. The average Bonchev–Trinajstić information content (AvgIpc) is 2.43. The number of carbonyl (C=O) groups excluding carboxylic acids is 1. The van der Waals surface area contributed by atoms with E-state index in [0.717, 1.165) is 17.1 Å². The first-order valence-electron chi connectivity index (χ1n) is 7.35. The van der Waals surface area contributed by atoms with Crippen LogP contribution < -0.4 is 0 Å². The fourth-order valence-corrected chi connectivity index (χ4v) is 3.35. The molecule has 4 nitrogen and oxygen atoms in total. The Labute approximate surface area is 135 Å². The van der Waals surface area contributed by atoms with E-state index in [2.05, 4.69) is 21.9 Å². The molecule has 0 amide bonds. The van der Waals surface area contributed by atoms with Gasteiger partial charge in [0.1, 0.15) is 11.0 Å². The smallest absolute Gasteiger partial charge is 0.176 e. The Morgan fingerprint density at radius 1 is 1.23 bits per heavy atom. The van der Waals surface area contributed by atoms with Crippen LogP contribution in [0.5, 0.6) is 0 Å². The van der Waals surface area contributed by atoms with Crippen molar-refractivity contribution in [3.05, 3.63) is 51.8 Å². The lowest BCUT2D eigenvalue weighted by Crippen LogP contribution is -2.45. The van der Waals surface area contributed by atoms with Gasteiger partial charge in [0.25, 0.3) is 0 Å². The van der Waals surface area contributed by atoms with Crippen molar-refractivity contribution in [2.24, 2.45) is 5.92 Å². The van der Waals surface area contributed by atoms with Gasteiger partial charge in [-0.25, -0.2) is 15.0 Å². The van der Waals surface area contributed by atoms with Crippen LogP contribution in [0.4, 0.5) is 0 Å². The Morgan fingerprint density at radius 3 is 2.64 bits per heavy atom. The molecule has 2 atom stereocenters. The molecule has 0 N–H and O–H groups in total. The molecule has 0 fully saturated rings. The molecule has 0 aliphatic heterocycles. The Bertz CT molecular complexity index is 754. The van der Waals surface area contributed by atoms with Crippen LogP contribution in [0.2, 0.25) is 5.15 Å². The second-order valence-corrected chi connectivity index (χ2v) is 6.59. The number of Topliss-reactive ketones (excluding diaryl/α,β-unsaturated/α-hetero) is 1. The first-order valence-corrected chi connectivity index (χ1v) is 7.73. The third-order valence-corrected chi connectivity index (χ3v) is 4.85. The molecule has 2 unspecified atom stereocenters. The molecule has 22 heavy (non-hydrogen) atoms. The molecular weight excluding hydrogens is 298 g/mol. The van der Waals surface area contributed by atoms with Gasteiger partial charge in [-0.15, -0.1) is 0 Å². The van der Waals surface area contributed by atoms with Gasteiger partial charge in [0.05, 0.1) is 16.8 Å². The number of rotatable bonds is 1. The Balaban J connectivity index is 2.18. The van der Waals surface area contributed by atoms with E-state index in [1.54, 1.807) is 12.1 Å². The van der Waals surface area contributed by atoms with E-state index in [1.165, 1.54) is 0 Å². The Hall–Kier alpha value is -1.81. The standard InChI is InChI=1S/C17H18ClN3O/c1-9-7-13-12(5-6-15(18)21-13)16(22)17(9,4)14-8-10(2)19-11(3)20-14/h5-6,8-9H,7H2,1-4H3. The monoisotopic (exact) mass is 315 g/mol. The number of pyridine rings is 1. The number of hydrogen-bond donors (Lipinski definition) is 0. The summed E-state index contributed by atoms with van der Waals surface area (Å²) in [6.45, 7) is 7.82. The summed E-state index contributed by atoms with van der Waals surface area (Å²) >= 11 is 5.96. The molecule has 2 aromatic rings. The first-order chi connectivity index (χ1) is 10.3. The molecule has 1 aliphatic rings. The van der Waals surface area contributed by atoms with Gasteiger partial charge >= 0.3 is 0 Å². The Morgan fingerprint density at radius 2 is 1.95 bits per heavy atom. The first kappa shape index (κ1) is 15.1. The molecule has 0 aromatic carbocycles. The van der Waals surface area contributed by atoms with Crippen LogP contribution in [0.1, 0.15) is 47.1 Å². The second kappa shape index (κ2) is 5.13. The van der Waals surface area contributed by atoms with Gasteiger partial charge in [0.15, 0.2) is 5.78 Å². The van der Waals surface area contributed by atoms with E-state index >= 15 is 0 Å². The van der Waals surface area contributed by atoms with Crippen molar-refractivity contribution in [2.45, 2.75) is 39.5 Å². The minimum Gasteiger partial charge on any atom is -0.293 e. The average molecular weight is 316 g/mol. The van der Waals surface area contributed by atoms with Crippen molar-refractivity contribution >= 4 is 17.4 Å². The molecule has 0 bridgehead atoms. The van der Waals surface area contributed by atoms with E-state index in [9.17, 15) is 4.79 Å². The molecule has 114 valence electrons. The van der Waals surface area contributed by atoms with Crippen molar-refractivity contribution in [3.8, 4) is 0 Å². The minimum atomic E-state index is -0.666. The molecule has 0 saturated heterocycles. The van der Waals surface area contributed by atoms with Crippen molar-refractivity contribution in [3.63, 3.8) is 0 Å². The van der Waals surface area contributed by atoms with Crippen LogP contribution in [0.15, 0.2) is 18.2 Å². The summed E-state index contributed by atoms with van der Waals surface area (Å²) < 4.78 is 0. The maximum atomic E-state index is 13.1. The predicted octanol–water partition coefficient (Wildman–Crippen LogP) is 3.47. The molecule has 0 radical (unpaired) electrons. The molecule has 1 aliphatic carbocycles. The molecular formula is C17H18ClN3O. The molecule has 3 rings (SSSR count). The van der Waals surface area contributed by atoms with Gasteiger partial charge in [-0.2, -0.15) is 0 Å². The van der Waals surface area contributed by atoms with Crippen LogP contribution in [0.25, 0.3) is 0 Å². The van der Waals surface area contributed by atoms with E-state index < -0.39 is 5.41 Å². The molecule has 0 spiro atoms. The maximum absolute atomic E-state index is 13.1. The highest BCUT2D eigenvalue weighted by Gasteiger charge is 2.47. The van der Waals surface area contributed by atoms with E-state index in [-0.39, 0.29) is 11.7 Å². The summed E-state index contributed by atoms with van der Waals surface area (Å²) in [6, 6.07) is 5.36. The van der Waals surface area contributed by atoms with Gasteiger partial charge in [0.2, 0.25) is 0 Å². The topological polar surface area (TPSA) is 55.7 Å². The third kappa shape index (κ3) is 2.22. The van der Waals surface area contributed by atoms with Crippen LogP contribution in [-0.2, 0) is 11.8 Å². The summed E-state index contributed by atoms with van der Waals surface area (Å²) in [5.41, 5.74) is 2.43. The van der Waals surface area contributed by atoms with Crippen LogP contribution >= 0.6 is 11.6 Å². The van der Waals surface area contributed by atoms with Crippen LogP contribution in [0.3, 0.4) is 0 Å². The molecule has 2 heterocycles. The van der Waals surface area contributed by atoms with Crippen molar-refractivity contribution < 1.29 is 4.79 Å². The zero-order valence-corrected chi connectivity index (χ0v) is 13.9. The lowest BCUT2D eigenvalue weighted by atomic mass is 9.64. The quantitative estimate of drug-likeness (QED) is 0.756. The van der Waals surface area contributed by atoms with E-state index in [4.69, 9.17) is 11.6 Å². The van der Waals surface area contributed by atoms with Gasteiger partial charge in [-0.3, -0.25) is 4.79 Å². The maximum Gasteiger partial charge on any atom is 0.176 e. The number of fused-ring (bicyclic) bond motifs is 1. The highest BCUT2D eigenvalue weighted by atomic mass is 35.5. The summed E-state index contributed by atoms with van der Waals surface area (Å²) in [5, 5.41) is 0.427. The number of ketones is 1. The highest BCUT2D eigenvalue weighted by Crippen LogP contribution is 2.41. The van der Waals surface area contributed by atoms with E-state index in [1.807, 2.05) is 26.8 Å². The summed E-state index contributed by atoms with van der Waals surface area (Å²) in [4.78, 5) is 26.3. The second-order valence-electron chi connectivity index (χ2n) is 6.21. The van der Waals surface area contributed by atoms with Gasteiger partial charge in [-0.1, -0.05) is 18.5 Å².